The molecule has 0 radical (unpaired) electrons. The number of rotatable bonds is 0. The Morgan fingerprint density at radius 1 is 0.903 bits per heavy atom. The van der Waals surface area contributed by atoms with Gasteiger partial charge in [0.05, 0.1) is 33.9 Å². The largest absolute Gasteiger partial charge is 0.309 e. The first-order chi connectivity index (χ1) is 14.8. The number of pyridine rings is 2. The molecule has 31 heavy (non-hydrogen) atoms. The molecule has 3 aromatic heterocycles. The van der Waals surface area contributed by atoms with Crippen LogP contribution in [0.2, 0.25) is 0 Å². The average molecular weight is 403 g/mol. The van der Waals surface area contributed by atoms with Gasteiger partial charge in [0.25, 0.3) is 0 Å². The van der Waals surface area contributed by atoms with Gasteiger partial charge in [0, 0.05) is 16.8 Å². The van der Waals surface area contributed by atoms with Crippen LogP contribution in [0.25, 0.3) is 53.8 Å². The van der Waals surface area contributed by atoms with Gasteiger partial charge in [-0.2, -0.15) is 0 Å². The monoisotopic (exact) mass is 402 g/mol. The molecule has 0 unspecified atom stereocenters. The Labute approximate surface area is 181 Å². The van der Waals surface area contributed by atoms with Gasteiger partial charge in [0.2, 0.25) is 5.52 Å². The van der Waals surface area contributed by atoms with E-state index in [0.29, 0.717) is 5.69 Å². The predicted molar refractivity (Wildman–Crippen MR) is 129 cm³/mol. The van der Waals surface area contributed by atoms with E-state index in [1.165, 1.54) is 49.2 Å². The molecule has 0 aliphatic carbocycles. The highest BCUT2D eigenvalue weighted by Gasteiger charge is 2.25. The third kappa shape index (κ3) is 2.25. The summed E-state index contributed by atoms with van der Waals surface area (Å²) in [7, 11) is 2.12. The minimum absolute atomic E-state index is 0.0863. The lowest BCUT2D eigenvalue weighted by Gasteiger charge is -2.19. The van der Waals surface area contributed by atoms with E-state index in [-0.39, 0.29) is 5.41 Å². The number of aromatic nitrogens is 2. The van der Waals surface area contributed by atoms with Gasteiger partial charge in [-0.15, -0.1) is 0 Å². The number of hydrogen-bond donors (Lipinski definition) is 0. The molecule has 0 spiro atoms. The fraction of sp³-hybridized carbons (Fsp3) is 0.214. The van der Waals surface area contributed by atoms with Crippen molar-refractivity contribution in [3.05, 3.63) is 77.3 Å². The first kappa shape index (κ1) is 18.2. The van der Waals surface area contributed by atoms with Crippen LogP contribution in [0.5, 0.6) is 0 Å². The van der Waals surface area contributed by atoms with Gasteiger partial charge in [-0.1, -0.05) is 39.0 Å². The average Bonchev–Trinajstić information content (AvgIpc) is 3.07. The summed E-state index contributed by atoms with van der Waals surface area (Å²) in [5.41, 5.74) is 8.17. The zero-order valence-electron chi connectivity index (χ0n) is 18.5. The van der Waals surface area contributed by atoms with Crippen LogP contribution in [0, 0.1) is 13.5 Å². The van der Waals surface area contributed by atoms with Crippen LogP contribution < -0.4 is 4.57 Å². The third-order valence-electron chi connectivity index (χ3n) is 6.81. The first-order valence-electron chi connectivity index (χ1n) is 10.7. The second kappa shape index (κ2) is 5.74. The number of hydrogen-bond acceptors (Lipinski definition) is 0. The lowest BCUT2D eigenvalue weighted by atomic mass is 9.86. The van der Waals surface area contributed by atoms with Crippen molar-refractivity contribution in [1.29, 1.82) is 0 Å². The number of nitrogens with zero attached hydrogens (tertiary/aromatic N) is 3. The fourth-order valence-corrected chi connectivity index (χ4v) is 5.23. The summed E-state index contributed by atoms with van der Waals surface area (Å²) in [6.07, 6.45) is 2.11. The van der Waals surface area contributed by atoms with Gasteiger partial charge in [0.15, 0.2) is 11.9 Å². The van der Waals surface area contributed by atoms with E-state index in [9.17, 15) is 0 Å². The number of aryl methyl sites for hydroxylation is 2. The molecular formula is C28H24N3+. The van der Waals surface area contributed by atoms with Crippen molar-refractivity contribution in [1.82, 2.24) is 4.40 Å². The smallest absolute Gasteiger partial charge is 0.224 e. The van der Waals surface area contributed by atoms with Crippen LogP contribution >= 0.6 is 0 Å². The Morgan fingerprint density at radius 3 is 2.45 bits per heavy atom. The molecule has 0 aliphatic heterocycles. The normalized spacial score (nSPS) is 12.6. The Morgan fingerprint density at radius 2 is 1.71 bits per heavy atom. The lowest BCUT2D eigenvalue weighted by Crippen LogP contribution is -2.28. The van der Waals surface area contributed by atoms with E-state index in [1.54, 1.807) is 0 Å². The van der Waals surface area contributed by atoms with Crippen molar-refractivity contribution >= 4 is 54.7 Å². The fourth-order valence-electron chi connectivity index (χ4n) is 5.23. The van der Waals surface area contributed by atoms with E-state index in [1.807, 2.05) is 6.07 Å². The molecular weight excluding hydrogens is 378 g/mol. The molecule has 0 saturated carbocycles. The SMILES string of the molecule is [C-]#[N+]c1cc2cc[n+](C)c3c4c(C)ccc5c6cc(C(C)(C)C)ccc6n(c(c1)c23)c54. The van der Waals surface area contributed by atoms with Gasteiger partial charge < -0.3 is 4.40 Å². The highest BCUT2D eigenvalue weighted by atomic mass is 15.0. The molecule has 3 heteroatoms. The second-order valence-electron chi connectivity index (χ2n) is 9.79. The summed E-state index contributed by atoms with van der Waals surface area (Å²) >= 11 is 0. The van der Waals surface area contributed by atoms with Gasteiger partial charge >= 0.3 is 0 Å². The first-order valence-corrected chi connectivity index (χ1v) is 10.7. The zero-order chi connectivity index (χ0) is 21.7. The van der Waals surface area contributed by atoms with Gasteiger partial charge in [0.1, 0.15) is 7.05 Å². The quantitative estimate of drug-likeness (QED) is 0.113. The van der Waals surface area contributed by atoms with Crippen molar-refractivity contribution in [3.8, 4) is 0 Å². The maximum absolute atomic E-state index is 7.66. The number of benzene rings is 3. The van der Waals surface area contributed by atoms with Gasteiger partial charge in [-0.3, -0.25) is 0 Å². The Bertz CT molecular complexity index is 1740. The maximum atomic E-state index is 7.66. The molecule has 6 aromatic rings. The molecule has 0 N–H and O–H groups in total. The van der Waals surface area contributed by atoms with E-state index in [2.05, 4.69) is 97.2 Å². The predicted octanol–water partition coefficient (Wildman–Crippen LogP) is 6.97. The maximum Gasteiger partial charge on any atom is 0.224 e. The number of fused-ring (bicyclic) bond motifs is 5. The zero-order valence-corrected chi connectivity index (χ0v) is 18.5. The molecule has 3 aromatic carbocycles. The highest BCUT2D eigenvalue weighted by molar-refractivity contribution is 6.26. The van der Waals surface area contributed by atoms with E-state index >= 15 is 0 Å². The molecule has 150 valence electrons. The second-order valence-corrected chi connectivity index (χ2v) is 9.79. The van der Waals surface area contributed by atoms with Gasteiger partial charge in [-0.25, -0.2) is 9.41 Å². The standard InChI is InChI=1S/C28H24N3/c1-16-7-9-20-21-14-18(28(2,3)4)8-10-22(21)31-23-15-19(29-5)13-17-11-12-30(6)27(25(17)23)24(16)26(20)31/h7-15H,1-4,6H3/q+1. The van der Waals surface area contributed by atoms with Crippen LogP contribution in [0.3, 0.4) is 0 Å². The summed E-state index contributed by atoms with van der Waals surface area (Å²) in [6.45, 7) is 16.7. The van der Waals surface area contributed by atoms with E-state index < -0.39 is 0 Å². The third-order valence-corrected chi connectivity index (χ3v) is 6.81. The Balaban J connectivity index is 2.02. The van der Waals surface area contributed by atoms with E-state index in [4.69, 9.17) is 6.57 Å². The van der Waals surface area contributed by atoms with E-state index in [0.717, 1.165) is 10.9 Å². The Kier molecular flexibility index (Phi) is 3.36. The molecule has 0 saturated heterocycles. The molecule has 3 nitrogen and oxygen atoms in total. The summed E-state index contributed by atoms with van der Waals surface area (Å²) in [5.74, 6) is 0. The lowest BCUT2D eigenvalue weighted by molar-refractivity contribution is -0.643. The highest BCUT2D eigenvalue weighted by Crippen LogP contribution is 2.42. The molecule has 0 aliphatic rings. The minimum atomic E-state index is 0.0863. The van der Waals surface area contributed by atoms with Gasteiger partial charge in [-0.05, 0) is 53.1 Å². The summed E-state index contributed by atoms with van der Waals surface area (Å²) in [4.78, 5) is 3.78. The van der Waals surface area contributed by atoms with Crippen molar-refractivity contribution in [2.24, 2.45) is 7.05 Å². The topological polar surface area (TPSA) is 12.7 Å². The summed E-state index contributed by atoms with van der Waals surface area (Å²) < 4.78 is 4.62. The molecule has 0 bridgehead atoms. The summed E-state index contributed by atoms with van der Waals surface area (Å²) in [5, 5.41) is 6.19. The minimum Gasteiger partial charge on any atom is -0.309 e. The van der Waals surface area contributed by atoms with Crippen LogP contribution in [-0.4, -0.2) is 4.40 Å². The molecule has 0 amide bonds. The molecule has 0 fully saturated rings. The van der Waals surface area contributed by atoms with Crippen LogP contribution in [-0.2, 0) is 12.5 Å². The van der Waals surface area contributed by atoms with Crippen LogP contribution in [0.4, 0.5) is 5.69 Å². The molecule has 0 atom stereocenters. The van der Waals surface area contributed by atoms with Crippen molar-refractivity contribution < 1.29 is 4.57 Å². The molecule has 3 heterocycles. The van der Waals surface area contributed by atoms with Crippen molar-refractivity contribution in [3.63, 3.8) is 0 Å². The van der Waals surface area contributed by atoms with Crippen LogP contribution in [0.15, 0.2) is 54.7 Å². The van der Waals surface area contributed by atoms with Crippen molar-refractivity contribution in [2.75, 3.05) is 0 Å². The van der Waals surface area contributed by atoms with Crippen molar-refractivity contribution in [2.45, 2.75) is 33.1 Å². The Hall–Kier alpha value is -3.64. The molecule has 6 rings (SSSR count). The summed E-state index contributed by atoms with van der Waals surface area (Å²) in [6, 6.07) is 17.6. The van der Waals surface area contributed by atoms with Crippen LogP contribution in [0.1, 0.15) is 31.9 Å².